The van der Waals surface area contributed by atoms with Crippen LogP contribution in [-0.4, -0.2) is 54.3 Å². The third kappa shape index (κ3) is 4.74. The largest absolute Gasteiger partial charge is 0.384 e. The molecule has 1 aromatic carbocycles. The lowest BCUT2D eigenvalue weighted by atomic mass is 9.90. The molecule has 39 heavy (non-hydrogen) atoms. The van der Waals surface area contributed by atoms with Gasteiger partial charge in [0, 0.05) is 25.7 Å². The summed E-state index contributed by atoms with van der Waals surface area (Å²) in [5, 5.41) is 29.0. The van der Waals surface area contributed by atoms with Crippen LogP contribution in [0.2, 0.25) is 5.02 Å². The molecule has 1 saturated heterocycles. The number of ether oxygens (including phenoxy) is 1. The van der Waals surface area contributed by atoms with E-state index in [9.17, 15) is 19.4 Å². The third-order valence-corrected chi connectivity index (χ3v) is 8.54. The summed E-state index contributed by atoms with van der Waals surface area (Å²) >= 11 is 5.87. The molecular weight excluding hydrogens is 525 g/mol. The molecule has 2 aliphatic carbocycles. The summed E-state index contributed by atoms with van der Waals surface area (Å²) in [7, 11) is 3.57. The maximum atomic E-state index is 13.5. The predicted octanol–water partition coefficient (Wildman–Crippen LogP) is 3.10. The molecule has 1 aliphatic heterocycles. The van der Waals surface area contributed by atoms with Crippen LogP contribution >= 0.6 is 11.6 Å². The van der Waals surface area contributed by atoms with Gasteiger partial charge in [-0.2, -0.15) is 5.10 Å². The van der Waals surface area contributed by atoms with E-state index in [1.165, 1.54) is 18.2 Å². The minimum absolute atomic E-state index is 0.0630. The minimum atomic E-state index is -1.12. The van der Waals surface area contributed by atoms with Crippen molar-refractivity contribution in [3.8, 4) is 11.8 Å². The first kappa shape index (κ1) is 26.0. The Morgan fingerprint density at radius 1 is 1.21 bits per heavy atom. The molecule has 3 aromatic rings. The average Bonchev–Trinajstić information content (AvgIpc) is 3.60. The monoisotopic (exact) mass is 553 g/mol. The molecule has 0 radical (unpaired) electrons. The Hall–Kier alpha value is -3.23. The van der Waals surface area contributed by atoms with Crippen LogP contribution in [0.4, 0.5) is 10.1 Å². The molecule has 3 aliphatic rings. The van der Waals surface area contributed by atoms with E-state index in [0.717, 1.165) is 18.5 Å². The van der Waals surface area contributed by atoms with Gasteiger partial charge in [0.2, 0.25) is 0 Å². The lowest BCUT2D eigenvalue weighted by molar-refractivity contribution is -0.140. The number of aromatic nitrogens is 4. The lowest BCUT2D eigenvalue weighted by Crippen LogP contribution is -2.48. The smallest absolute Gasteiger partial charge is 0.274 e. The molecule has 0 spiro atoms. The lowest BCUT2D eigenvalue weighted by Gasteiger charge is -2.30. The molecule has 3 heterocycles. The van der Waals surface area contributed by atoms with E-state index < -0.39 is 17.0 Å². The maximum Gasteiger partial charge on any atom is 0.274 e. The Morgan fingerprint density at radius 3 is 2.56 bits per heavy atom. The van der Waals surface area contributed by atoms with Crippen molar-refractivity contribution in [1.82, 2.24) is 19.3 Å². The predicted molar refractivity (Wildman–Crippen MR) is 141 cm³/mol. The standard InChI is InChI=1S/C28H29ClFN5O4/c1-34-15-31-24(25(34)26(36)32-19-3-4-22(30)21(29)9-19)16-7-17-11-28(38,12-18(17)8-16)23-10-20(33-35(23)2)5-6-27(37)13-39-14-27/h3-4,9-10,15-18,37-38H,7-8,11-14H2,1-2H3,(H,32,36). The fourth-order valence-corrected chi connectivity index (χ4v) is 6.58. The Bertz CT molecular complexity index is 1500. The quantitative estimate of drug-likeness (QED) is 0.428. The van der Waals surface area contributed by atoms with Crippen LogP contribution in [0.1, 0.15) is 59.2 Å². The second kappa shape index (κ2) is 9.45. The number of aryl methyl sites for hydroxylation is 2. The Kier molecular flexibility index (Phi) is 6.31. The molecule has 2 saturated carbocycles. The molecule has 2 unspecified atom stereocenters. The van der Waals surface area contributed by atoms with Crippen LogP contribution < -0.4 is 5.32 Å². The SMILES string of the molecule is Cn1cnc(C2CC3CC(O)(c4cc(C#CC5(O)COC5)nn4C)CC3C2)c1C(=O)Nc1ccc(F)c(Cl)c1. The van der Waals surface area contributed by atoms with Crippen LogP contribution in [0, 0.1) is 29.5 Å². The van der Waals surface area contributed by atoms with Crippen LogP contribution in [-0.2, 0) is 24.4 Å². The van der Waals surface area contributed by atoms with E-state index in [2.05, 4.69) is 27.2 Å². The van der Waals surface area contributed by atoms with Crippen molar-refractivity contribution in [2.45, 2.75) is 42.8 Å². The van der Waals surface area contributed by atoms with Gasteiger partial charge in [0.25, 0.3) is 5.91 Å². The summed E-state index contributed by atoms with van der Waals surface area (Å²) in [6.45, 7) is 0.378. The summed E-state index contributed by atoms with van der Waals surface area (Å²) < 4.78 is 21.9. The highest BCUT2D eigenvalue weighted by Gasteiger charge is 2.51. The van der Waals surface area contributed by atoms with E-state index in [-0.39, 0.29) is 41.9 Å². The zero-order chi connectivity index (χ0) is 27.5. The molecule has 9 nitrogen and oxygen atoms in total. The van der Waals surface area contributed by atoms with Crippen LogP contribution in [0.15, 0.2) is 30.6 Å². The highest BCUT2D eigenvalue weighted by Crippen LogP contribution is 2.56. The van der Waals surface area contributed by atoms with Gasteiger partial charge >= 0.3 is 0 Å². The highest BCUT2D eigenvalue weighted by molar-refractivity contribution is 6.31. The number of amides is 1. The summed E-state index contributed by atoms with van der Waals surface area (Å²) in [6, 6.07) is 5.86. The number of imidazole rings is 1. The maximum absolute atomic E-state index is 13.5. The van der Waals surface area contributed by atoms with Crippen molar-refractivity contribution in [2.75, 3.05) is 18.5 Å². The van der Waals surface area contributed by atoms with Crippen LogP contribution in [0.3, 0.4) is 0 Å². The number of carbonyl (C=O) groups is 1. The molecule has 3 N–H and O–H groups in total. The van der Waals surface area contributed by atoms with Crippen molar-refractivity contribution in [1.29, 1.82) is 0 Å². The number of benzene rings is 1. The number of aliphatic hydroxyl groups is 2. The van der Waals surface area contributed by atoms with Crippen molar-refractivity contribution in [2.24, 2.45) is 25.9 Å². The van der Waals surface area contributed by atoms with Crippen LogP contribution in [0.25, 0.3) is 0 Å². The molecule has 3 fully saturated rings. The Morgan fingerprint density at radius 2 is 1.92 bits per heavy atom. The Labute approximate surface area is 229 Å². The first-order valence-electron chi connectivity index (χ1n) is 12.9. The summed E-state index contributed by atoms with van der Waals surface area (Å²) in [5.41, 5.74) is 0.670. The number of halogens is 2. The Balaban J connectivity index is 1.16. The van der Waals surface area contributed by atoms with E-state index in [1.807, 2.05) is 0 Å². The fourth-order valence-electron chi connectivity index (χ4n) is 6.39. The van der Waals surface area contributed by atoms with Gasteiger partial charge in [0.05, 0.1) is 36.0 Å². The first-order valence-corrected chi connectivity index (χ1v) is 13.3. The molecular formula is C28H29ClFN5O4. The normalized spacial score (nSPS) is 27.0. The van der Waals surface area contributed by atoms with Gasteiger partial charge in [-0.05, 0) is 67.7 Å². The second-order valence-corrected chi connectivity index (χ2v) is 11.5. The zero-order valence-electron chi connectivity index (χ0n) is 21.6. The van der Waals surface area contributed by atoms with Gasteiger partial charge < -0.3 is 24.8 Å². The van der Waals surface area contributed by atoms with E-state index in [0.29, 0.717) is 35.6 Å². The van der Waals surface area contributed by atoms with Crippen molar-refractivity contribution < 1.29 is 24.1 Å². The molecule has 6 rings (SSSR count). The number of anilines is 1. The van der Waals surface area contributed by atoms with E-state index in [1.54, 1.807) is 35.7 Å². The van der Waals surface area contributed by atoms with Crippen molar-refractivity contribution in [3.63, 3.8) is 0 Å². The number of carbonyl (C=O) groups excluding carboxylic acids is 1. The topological polar surface area (TPSA) is 114 Å². The van der Waals surface area contributed by atoms with Gasteiger partial charge in [-0.25, -0.2) is 9.37 Å². The van der Waals surface area contributed by atoms with Gasteiger partial charge in [0.1, 0.15) is 22.8 Å². The zero-order valence-corrected chi connectivity index (χ0v) is 22.4. The molecule has 2 atom stereocenters. The molecule has 2 aromatic heterocycles. The second-order valence-electron chi connectivity index (χ2n) is 11.1. The van der Waals surface area contributed by atoms with Crippen molar-refractivity contribution >= 4 is 23.2 Å². The van der Waals surface area contributed by atoms with Gasteiger partial charge in [-0.1, -0.05) is 17.5 Å². The number of nitrogens with one attached hydrogen (secondary N) is 1. The van der Waals surface area contributed by atoms with Crippen molar-refractivity contribution in [3.05, 3.63) is 64.2 Å². The van der Waals surface area contributed by atoms with Gasteiger partial charge in [-0.15, -0.1) is 0 Å². The number of hydrogen-bond acceptors (Lipinski definition) is 6. The molecule has 11 heteroatoms. The average molecular weight is 554 g/mol. The molecule has 204 valence electrons. The first-order chi connectivity index (χ1) is 18.5. The molecule has 1 amide bonds. The number of rotatable bonds is 4. The van der Waals surface area contributed by atoms with Crippen LogP contribution in [0.5, 0.6) is 0 Å². The minimum Gasteiger partial charge on any atom is -0.384 e. The molecule has 0 bridgehead atoms. The van der Waals surface area contributed by atoms with E-state index >= 15 is 0 Å². The summed E-state index contributed by atoms with van der Waals surface area (Å²) in [4.78, 5) is 17.8. The van der Waals surface area contributed by atoms with E-state index in [4.69, 9.17) is 16.3 Å². The number of fused-ring (bicyclic) bond motifs is 1. The number of hydrogen-bond donors (Lipinski definition) is 3. The van der Waals surface area contributed by atoms with Gasteiger partial charge in [0.15, 0.2) is 5.60 Å². The third-order valence-electron chi connectivity index (χ3n) is 8.25. The fraction of sp³-hybridized carbons (Fsp3) is 0.464. The summed E-state index contributed by atoms with van der Waals surface area (Å²) in [6.07, 6.45) is 4.42. The van der Waals surface area contributed by atoms with Gasteiger partial charge in [-0.3, -0.25) is 9.48 Å². The highest BCUT2D eigenvalue weighted by atomic mass is 35.5. The summed E-state index contributed by atoms with van der Waals surface area (Å²) in [5.74, 6) is 5.47. The number of nitrogens with zero attached hydrogens (tertiary/aromatic N) is 4.